The van der Waals surface area contributed by atoms with E-state index in [1.54, 1.807) is 16.8 Å². The molecule has 0 bridgehead atoms. The van der Waals surface area contributed by atoms with Crippen LogP contribution in [0.15, 0.2) is 34.2 Å². The summed E-state index contributed by atoms with van der Waals surface area (Å²) in [5, 5.41) is 4.25. The van der Waals surface area contributed by atoms with Gasteiger partial charge >= 0.3 is 0 Å². The van der Waals surface area contributed by atoms with Crippen LogP contribution in [-0.4, -0.2) is 14.6 Å². The summed E-state index contributed by atoms with van der Waals surface area (Å²) in [6.07, 6.45) is 0. The van der Waals surface area contributed by atoms with Crippen molar-refractivity contribution in [3.05, 3.63) is 39.9 Å². The maximum atomic E-state index is 4.58. The van der Waals surface area contributed by atoms with Crippen LogP contribution < -0.4 is 0 Å². The number of aromatic nitrogens is 3. The molecule has 0 atom stereocenters. The molecule has 3 aromatic rings. The summed E-state index contributed by atoms with van der Waals surface area (Å²) in [7, 11) is 0. The second-order valence-corrected chi connectivity index (χ2v) is 5.22. The molecule has 5 heteroatoms. The predicted octanol–water partition coefficient (Wildman–Crippen LogP) is 3.53. The van der Waals surface area contributed by atoms with E-state index in [0.29, 0.717) is 0 Å². The maximum absolute atomic E-state index is 4.58. The van der Waals surface area contributed by atoms with E-state index >= 15 is 0 Å². The first-order valence-corrected chi connectivity index (χ1v) is 6.48. The van der Waals surface area contributed by atoms with Crippen LogP contribution in [0.3, 0.4) is 0 Å². The lowest BCUT2D eigenvalue weighted by Crippen LogP contribution is -1.87. The Morgan fingerprint density at radius 3 is 3.00 bits per heavy atom. The van der Waals surface area contributed by atoms with E-state index in [0.717, 1.165) is 26.4 Å². The van der Waals surface area contributed by atoms with Crippen molar-refractivity contribution in [2.75, 3.05) is 0 Å². The molecule has 0 saturated carbocycles. The summed E-state index contributed by atoms with van der Waals surface area (Å²) in [6, 6.07) is 8.15. The van der Waals surface area contributed by atoms with Gasteiger partial charge in [0.05, 0.1) is 11.4 Å². The normalized spacial score (nSPS) is 11.1. The molecule has 1 aromatic carbocycles. The quantitative estimate of drug-likeness (QED) is 0.687. The molecular weight excluding hydrogens is 286 g/mol. The first kappa shape index (κ1) is 9.99. The average Bonchev–Trinajstić information content (AvgIpc) is 2.82. The Labute approximate surface area is 105 Å². The summed E-state index contributed by atoms with van der Waals surface area (Å²) >= 11 is 5.02. The second kappa shape index (κ2) is 3.68. The predicted molar refractivity (Wildman–Crippen MR) is 68.7 cm³/mol. The van der Waals surface area contributed by atoms with Crippen molar-refractivity contribution in [2.24, 2.45) is 0 Å². The largest absolute Gasteiger partial charge is 0.217 e. The van der Waals surface area contributed by atoms with E-state index < -0.39 is 0 Å². The smallest absolute Gasteiger partial charge is 0.212 e. The van der Waals surface area contributed by atoms with E-state index in [4.69, 9.17) is 0 Å². The third-order valence-corrected chi connectivity index (χ3v) is 3.64. The fourth-order valence-electron chi connectivity index (χ4n) is 1.71. The molecule has 2 heterocycles. The fraction of sp³-hybridized carbons (Fsp3) is 0.0909. The third-order valence-electron chi connectivity index (χ3n) is 2.47. The molecule has 3 nitrogen and oxygen atoms in total. The van der Waals surface area contributed by atoms with Crippen LogP contribution in [0, 0.1) is 6.92 Å². The van der Waals surface area contributed by atoms with E-state index in [1.165, 1.54) is 0 Å². The highest BCUT2D eigenvalue weighted by molar-refractivity contribution is 9.10. The number of halogens is 1. The van der Waals surface area contributed by atoms with Crippen molar-refractivity contribution in [3.8, 4) is 11.3 Å². The van der Waals surface area contributed by atoms with Gasteiger partial charge < -0.3 is 0 Å². The standard InChI is InChI=1S/C11H8BrN3S/c1-7-10(8-3-2-4-9(12)5-8)14-11-15(7)13-6-16-11/h2-6H,1H3. The third kappa shape index (κ3) is 1.47. The van der Waals surface area contributed by atoms with Crippen molar-refractivity contribution in [1.29, 1.82) is 0 Å². The van der Waals surface area contributed by atoms with Crippen molar-refractivity contribution in [2.45, 2.75) is 6.92 Å². The lowest BCUT2D eigenvalue weighted by Gasteiger charge is -1.99. The summed E-state index contributed by atoms with van der Waals surface area (Å²) in [5.74, 6) is 0. The molecule has 16 heavy (non-hydrogen) atoms. The second-order valence-electron chi connectivity index (χ2n) is 3.49. The minimum Gasteiger partial charge on any atom is -0.217 e. The molecular formula is C11H8BrN3S. The number of hydrogen-bond donors (Lipinski definition) is 0. The average molecular weight is 294 g/mol. The molecule has 0 radical (unpaired) electrons. The SMILES string of the molecule is Cc1c(-c2cccc(Br)c2)nc2scnn12. The van der Waals surface area contributed by atoms with Gasteiger partial charge in [0.2, 0.25) is 4.96 Å². The lowest BCUT2D eigenvalue weighted by molar-refractivity contribution is 0.932. The maximum Gasteiger partial charge on any atom is 0.212 e. The highest BCUT2D eigenvalue weighted by Gasteiger charge is 2.11. The van der Waals surface area contributed by atoms with Gasteiger partial charge in [-0.3, -0.25) is 0 Å². The molecule has 0 aliphatic rings. The number of imidazole rings is 1. The van der Waals surface area contributed by atoms with E-state index in [2.05, 4.69) is 38.1 Å². The summed E-state index contributed by atoms with van der Waals surface area (Å²) in [5.41, 5.74) is 5.00. The minimum absolute atomic E-state index is 0.937. The Hall–Kier alpha value is -1.20. The Balaban J connectivity index is 2.25. The van der Waals surface area contributed by atoms with Crippen molar-refractivity contribution in [1.82, 2.24) is 14.6 Å². The number of rotatable bonds is 1. The van der Waals surface area contributed by atoms with Gasteiger partial charge in [-0.15, -0.1) is 0 Å². The molecule has 80 valence electrons. The van der Waals surface area contributed by atoms with Crippen molar-refractivity contribution in [3.63, 3.8) is 0 Å². The number of aryl methyl sites for hydroxylation is 1. The highest BCUT2D eigenvalue weighted by Crippen LogP contribution is 2.26. The summed E-state index contributed by atoms with van der Waals surface area (Å²) < 4.78 is 2.94. The Morgan fingerprint density at radius 1 is 1.38 bits per heavy atom. The first-order valence-electron chi connectivity index (χ1n) is 4.80. The molecule has 2 aromatic heterocycles. The molecule has 3 rings (SSSR count). The zero-order valence-corrected chi connectivity index (χ0v) is 10.9. The Bertz CT molecular complexity index is 656. The summed E-state index contributed by atoms with van der Waals surface area (Å²) in [4.78, 5) is 5.52. The van der Waals surface area contributed by atoms with Crippen LogP contribution >= 0.6 is 27.3 Å². The molecule has 0 amide bonds. The monoisotopic (exact) mass is 293 g/mol. The van der Waals surface area contributed by atoms with Gasteiger partial charge in [-0.1, -0.05) is 39.4 Å². The molecule has 0 aliphatic carbocycles. The summed E-state index contributed by atoms with van der Waals surface area (Å²) in [6.45, 7) is 2.04. The van der Waals surface area contributed by atoms with Crippen LogP contribution in [0.5, 0.6) is 0 Å². The first-order chi connectivity index (χ1) is 7.75. The van der Waals surface area contributed by atoms with E-state index in [1.807, 2.05) is 23.6 Å². The van der Waals surface area contributed by atoms with Gasteiger partial charge in [0.1, 0.15) is 5.51 Å². The van der Waals surface area contributed by atoms with Gasteiger partial charge in [0.25, 0.3) is 0 Å². The van der Waals surface area contributed by atoms with Gasteiger partial charge in [0.15, 0.2) is 0 Å². The number of hydrogen-bond acceptors (Lipinski definition) is 3. The van der Waals surface area contributed by atoms with Gasteiger partial charge in [-0.05, 0) is 19.1 Å². The van der Waals surface area contributed by atoms with Crippen LogP contribution in [0.25, 0.3) is 16.2 Å². The fourth-order valence-corrected chi connectivity index (χ4v) is 2.77. The molecule has 0 aliphatic heterocycles. The van der Waals surface area contributed by atoms with Gasteiger partial charge in [-0.2, -0.15) is 5.10 Å². The lowest BCUT2D eigenvalue weighted by atomic mass is 10.1. The Morgan fingerprint density at radius 2 is 2.25 bits per heavy atom. The van der Waals surface area contributed by atoms with Crippen LogP contribution in [0.4, 0.5) is 0 Å². The number of nitrogens with zero attached hydrogens (tertiary/aromatic N) is 3. The zero-order chi connectivity index (χ0) is 11.1. The minimum atomic E-state index is 0.937. The zero-order valence-electron chi connectivity index (χ0n) is 8.51. The van der Waals surface area contributed by atoms with Crippen LogP contribution in [0.2, 0.25) is 0 Å². The van der Waals surface area contributed by atoms with E-state index in [9.17, 15) is 0 Å². The molecule has 0 unspecified atom stereocenters. The van der Waals surface area contributed by atoms with E-state index in [-0.39, 0.29) is 0 Å². The number of benzene rings is 1. The highest BCUT2D eigenvalue weighted by atomic mass is 79.9. The van der Waals surface area contributed by atoms with Crippen LogP contribution in [0.1, 0.15) is 5.69 Å². The van der Waals surface area contributed by atoms with Gasteiger partial charge in [-0.25, -0.2) is 9.50 Å². The molecule has 0 saturated heterocycles. The molecule has 0 N–H and O–H groups in total. The topological polar surface area (TPSA) is 30.2 Å². The van der Waals surface area contributed by atoms with Crippen LogP contribution in [-0.2, 0) is 0 Å². The van der Waals surface area contributed by atoms with Gasteiger partial charge in [0, 0.05) is 10.0 Å². The number of fused-ring (bicyclic) bond motifs is 1. The molecule has 0 spiro atoms. The van der Waals surface area contributed by atoms with Crippen molar-refractivity contribution >= 4 is 32.2 Å². The molecule has 0 fully saturated rings. The van der Waals surface area contributed by atoms with Crippen molar-refractivity contribution < 1.29 is 0 Å². The Kier molecular flexibility index (Phi) is 2.29.